The second kappa shape index (κ2) is 10.6. The fourth-order valence-corrected chi connectivity index (χ4v) is 2.91. The van der Waals surface area contributed by atoms with Crippen molar-refractivity contribution in [3.8, 4) is 0 Å². The molecule has 0 saturated carbocycles. The van der Waals surface area contributed by atoms with Crippen LogP contribution in [0.1, 0.15) is 31.1 Å². The Morgan fingerprint density at radius 2 is 1.90 bits per heavy atom. The van der Waals surface area contributed by atoms with E-state index in [0.717, 1.165) is 0 Å². The molecule has 0 aliphatic carbocycles. The number of thioether (sulfide) groups is 1. The number of nitrogens with zero attached hydrogens (tertiary/aromatic N) is 3. The lowest BCUT2D eigenvalue weighted by molar-refractivity contribution is -0.113. The molecular formula is C19H26N6O4S. The number of carbonyl (C=O) groups is 3. The summed E-state index contributed by atoms with van der Waals surface area (Å²) in [5.74, 6) is -0.369. The van der Waals surface area contributed by atoms with Crippen LogP contribution in [-0.2, 0) is 16.6 Å². The zero-order valence-corrected chi connectivity index (χ0v) is 18.2. The van der Waals surface area contributed by atoms with Gasteiger partial charge in [0.2, 0.25) is 5.91 Å². The highest BCUT2D eigenvalue weighted by Gasteiger charge is 2.15. The van der Waals surface area contributed by atoms with E-state index in [-0.39, 0.29) is 30.7 Å². The van der Waals surface area contributed by atoms with Gasteiger partial charge in [-0.05, 0) is 39.0 Å². The molecule has 2 aromatic rings. The van der Waals surface area contributed by atoms with Gasteiger partial charge in [-0.2, -0.15) is 0 Å². The Kier molecular flexibility index (Phi) is 8.22. The molecule has 0 radical (unpaired) electrons. The third-order valence-electron chi connectivity index (χ3n) is 3.49. The molecule has 3 N–H and O–H groups in total. The molecule has 30 heavy (non-hydrogen) atoms. The Balaban J connectivity index is 1.77. The molecular weight excluding hydrogens is 408 g/mol. The molecule has 2 rings (SSSR count). The van der Waals surface area contributed by atoms with Crippen molar-refractivity contribution in [3.63, 3.8) is 0 Å². The highest BCUT2D eigenvalue weighted by molar-refractivity contribution is 7.99. The normalized spacial score (nSPS) is 10.9. The van der Waals surface area contributed by atoms with Gasteiger partial charge in [-0.25, -0.2) is 4.79 Å². The van der Waals surface area contributed by atoms with Crippen LogP contribution in [0.2, 0.25) is 0 Å². The summed E-state index contributed by atoms with van der Waals surface area (Å²) in [5.41, 5.74) is 0.328. The average Bonchev–Trinajstić information content (AvgIpc) is 3.07. The first-order valence-corrected chi connectivity index (χ1v) is 10.2. The molecule has 1 aromatic heterocycles. The van der Waals surface area contributed by atoms with Crippen LogP contribution in [0.3, 0.4) is 0 Å². The van der Waals surface area contributed by atoms with E-state index in [1.807, 2.05) is 0 Å². The Hall–Kier alpha value is -3.08. The van der Waals surface area contributed by atoms with Gasteiger partial charge in [-0.1, -0.05) is 17.8 Å². The minimum absolute atomic E-state index is 0.166. The number of hydrogen-bond donors (Lipinski definition) is 3. The fourth-order valence-electron chi connectivity index (χ4n) is 2.23. The number of rotatable bonds is 8. The summed E-state index contributed by atoms with van der Waals surface area (Å²) in [7, 11) is 1.80. The summed E-state index contributed by atoms with van der Waals surface area (Å²) >= 11 is 1.26. The molecule has 1 aromatic carbocycles. The minimum atomic E-state index is -0.578. The molecule has 0 unspecified atom stereocenters. The lowest BCUT2D eigenvalue weighted by Crippen LogP contribution is -2.37. The van der Waals surface area contributed by atoms with Gasteiger partial charge in [-0.3, -0.25) is 9.59 Å². The number of hydrogen-bond acceptors (Lipinski definition) is 7. The molecule has 0 saturated heterocycles. The number of aromatic nitrogens is 3. The van der Waals surface area contributed by atoms with E-state index in [4.69, 9.17) is 4.74 Å². The fraction of sp³-hybridized carbons (Fsp3) is 0.421. The van der Waals surface area contributed by atoms with Crippen LogP contribution in [0.25, 0.3) is 0 Å². The average molecular weight is 435 g/mol. The lowest BCUT2D eigenvalue weighted by Gasteiger charge is -2.19. The zero-order valence-electron chi connectivity index (χ0n) is 17.4. The quantitative estimate of drug-likeness (QED) is 0.427. The van der Waals surface area contributed by atoms with Crippen molar-refractivity contribution in [1.29, 1.82) is 0 Å². The van der Waals surface area contributed by atoms with Gasteiger partial charge in [-0.15, -0.1) is 10.2 Å². The summed E-state index contributed by atoms with van der Waals surface area (Å²) in [5, 5.41) is 16.3. The highest BCUT2D eigenvalue weighted by Crippen LogP contribution is 2.15. The summed E-state index contributed by atoms with van der Waals surface area (Å²) in [6.07, 6.45) is 1.02. The van der Waals surface area contributed by atoms with Crippen molar-refractivity contribution in [1.82, 2.24) is 25.4 Å². The first-order chi connectivity index (χ1) is 14.1. The Bertz CT molecular complexity index is 893. The number of anilines is 1. The lowest BCUT2D eigenvalue weighted by atomic mass is 10.2. The molecule has 0 aliphatic rings. The smallest absolute Gasteiger partial charge is 0.407 e. The molecule has 0 fully saturated rings. The Morgan fingerprint density at radius 1 is 1.17 bits per heavy atom. The van der Waals surface area contributed by atoms with Gasteiger partial charge in [0, 0.05) is 31.4 Å². The van der Waals surface area contributed by atoms with Gasteiger partial charge >= 0.3 is 6.09 Å². The van der Waals surface area contributed by atoms with E-state index < -0.39 is 11.7 Å². The topological polar surface area (TPSA) is 127 Å². The van der Waals surface area contributed by atoms with Gasteiger partial charge in [0.05, 0.1) is 5.75 Å². The molecule has 3 amide bonds. The van der Waals surface area contributed by atoms with Crippen molar-refractivity contribution in [2.75, 3.05) is 24.2 Å². The predicted molar refractivity (Wildman–Crippen MR) is 113 cm³/mol. The number of amides is 3. The minimum Gasteiger partial charge on any atom is -0.444 e. The Labute approximate surface area is 179 Å². The third-order valence-corrected chi connectivity index (χ3v) is 4.52. The maximum atomic E-state index is 12.3. The monoisotopic (exact) mass is 434 g/mol. The van der Waals surface area contributed by atoms with Crippen LogP contribution in [-0.4, -0.2) is 57.1 Å². The maximum Gasteiger partial charge on any atom is 0.407 e. The van der Waals surface area contributed by atoms with E-state index in [1.165, 1.54) is 11.8 Å². The van der Waals surface area contributed by atoms with Crippen LogP contribution in [0.5, 0.6) is 0 Å². The zero-order chi connectivity index (χ0) is 22.1. The number of benzene rings is 1. The molecule has 0 aliphatic heterocycles. The van der Waals surface area contributed by atoms with Crippen molar-refractivity contribution in [2.45, 2.75) is 31.5 Å². The van der Waals surface area contributed by atoms with E-state index >= 15 is 0 Å². The van der Waals surface area contributed by atoms with Crippen LogP contribution in [0.4, 0.5) is 10.5 Å². The predicted octanol–water partition coefficient (Wildman–Crippen LogP) is 1.80. The second-order valence-electron chi connectivity index (χ2n) is 7.33. The van der Waals surface area contributed by atoms with E-state index in [9.17, 15) is 14.4 Å². The van der Waals surface area contributed by atoms with Crippen LogP contribution >= 0.6 is 11.8 Å². The van der Waals surface area contributed by atoms with E-state index in [2.05, 4.69) is 26.1 Å². The van der Waals surface area contributed by atoms with Crippen LogP contribution in [0, 0.1) is 0 Å². The summed E-state index contributed by atoms with van der Waals surface area (Å²) in [6, 6.07) is 6.60. The highest BCUT2D eigenvalue weighted by atomic mass is 32.2. The molecule has 162 valence electrons. The largest absolute Gasteiger partial charge is 0.444 e. The first-order valence-electron chi connectivity index (χ1n) is 9.26. The molecule has 10 nitrogen and oxygen atoms in total. The second-order valence-corrected chi connectivity index (χ2v) is 8.27. The first kappa shape index (κ1) is 23.2. The van der Waals surface area contributed by atoms with Gasteiger partial charge in [0.1, 0.15) is 11.9 Å². The molecule has 0 spiro atoms. The van der Waals surface area contributed by atoms with Crippen LogP contribution < -0.4 is 16.0 Å². The van der Waals surface area contributed by atoms with E-state index in [1.54, 1.807) is 63.0 Å². The molecule has 0 bridgehead atoms. The van der Waals surface area contributed by atoms with Gasteiger partial charge in [0.25, 0.3) is 5.91 Å². The summed E-state index contributed by atoms with van der Waals surface area (Å²) in [4.78, 5) is 36.0. The molecule has 0 atom stereocenters. The number of carbonyl (C=O) groups excluding carboxylic acids is 3. The number of alkyl carbamates (subject to hydrolysis) is 1. The molecule has 1 heterocycles. The third kappa shape index (κ3) is 8.11. The van der Waals surface area contributed by atoms with Crippen LogP contribution in [0.15, 0.2) is 35.7 Å². The van der Waals surface area contributed by atoms with Crippen molar-refractivity contribution in [3.05, 3.63) is 36.2 Å². The summed E-state index contributed by atoms with van der Waals surface area (Å²) in [6.45, 7) is 5.79. The Morgan fingerprint density at radius 3 is 2.57 bits per heavy atom. The number of ether oxygens (including phenoxy) is 1. The van der Waals surface area contributed by atoms with Crippen molar-refractivity contribution in [2.24, 2.45) is 7.05 Å². The maximum absolute atomic E-state index is 12.3. The SMILES string of the molecule is Cn1cnnc1SCC(=O)Nc1cccc(C(=O)NCCNC(=O)OC(C)(C)C)c1. The standard InChI is InChI=1S/C19H26N6O4S/c1-19(2,3)29-18(28)21-9-8-20-16(27)13-6-5-7-14(10-13)23-15(26)11-30-17-24-22-12-25(17)4/h5-7,10,12H,8-9,11H2,1-4H3,(H,20,27)(H,21,28)(H,23,26). The molecule has 11 heteroatoms. The van der Waals surface area contributed by atoms with E-state index in [0.29, 0.717) is 16.4 Å². The number of aryl methyl sites for hydroxylation is 1. The van der Waals surface area contributed by atoms with Gasteiger partial charge in [0.15, 0.2) is 5.16 Å². The van der Waals surface area contributed by atoms with Crippen molar-refractivity contribution >= 4 is 35.4 Å². The number of nitrogens with one attached hydrogen (secondary N) is 3. The summed E-state index contributed by atoms with van der Waals surface area (Å²) < 4.78 is 6.84. The van der Waals surface area contributed by atoms with Gasteiger partial charge < -0.3 is 25.3 Å². The van der Waals surface area contributed by atoms with Crippen molar-refractivity contribution < 1.29 is 19.1 Å².